The second kappa shape index (κ2) is 4.05. The van der Waals surface area contributed by atoms with E-state index in [1.165, 1.54) is 24.1 Å². The molecule has 16 heavy (non-hydrogen) atoms. The molecule has 2 heterocycles. The second-order valence-electron chi connectivity index (χ2n) is 3.16. The summed E-state index contributed by atoms with van der Waals surface area (Å²) in [5.74, 6) is 0.628. The minimum Gasteiger partial charge on any atom is -0.425 e. The Morgan fingerprint density at radius 1 is 1.50 bits per heavy atom. The zero-order valence-corrected chi connectivity index (χ0v) is 8.78. The normalized spacial score (nSPS) is 10.1. The molecule has 7 heteroatoms. The van der Waals surface area contributed by atoms with Crippen molar-refractivity contribution in [2.75, 3.05) is 0 Å². The maximum absolute atomic E-state index is 10.8. The standard InChI is InChI=1S/C9H9N5O2/c1-6-3-9(14-5-11-12-13-14)10-4-8(6)16-7(2)15/h3-5H,1-2H3. The first-order valence-electron chi connectivity index (χ1n) is 4.55. The Morgan fingerprint density at radius 2 is 2.31 bits per heavy atom. The number of carbonyl (C=O) groups is 1. The van der Waals surface area contributed by atoms with Gasteiger partial charge in [0, 0.05) is 6.92 Å². The van der Waals surface area contributed by atoms with Crippen LogP contribution in [0.1, 0.15) is 12.5 Å². The van der Waals surface area contributed by atoms with E-state index in [1.807, 2.05) is 6.92 Å². The summed E-state index contributed by atoms with van der Waals surface area (Å²) in [5.41, 5.74) is 0.788. The Kier molecular flexibility index (Phi) is 2.59. The topological polar surface area (TPSA) is 82.8 Å². The number of hydrogen-bond acceptors (Lipinski definition) is 6. The van der Waals surface area contributed by atoms with E-state index in [-0.39, 0.29) is 5.97 Å². The molecule has 2 aromatic heterocycles. The predicted octanol–water partition coefficient (Wildman–Crippen LogP) is 0.291. The Balaban J connectivity index is 2.33. The summed E-state index contributed by atoms with van der Waals surface area (Å²) in [4.78, 5) is 14.9. The predicted molar refractivity (Wildman–Crippen MR) is 53.0 cm³/mol. The number of tetrazole rings is 1. The molecule has 0 bridgehead atoms. The van der Waals surface area contributed by atoms with Crippen LogP contribution in [0.4, 0.5) is 0 Å². The molecule has 0 radical (unpaired) electrons. The summed E-state index contributed by atoms with van der Waals surface area (Å²) in [6, 6.07) is 1.73. The molecule has 0 amide bonds. The fourth-order valence-corrected chi connectivity index (χ4v) is 1.18. The molecule has 0 spiro atoms. The van der Waals surface area contributed by atoms with Crippen molar-refractivity contribution in [2.45, 2.75) is 13.8 Å². The lowest BCUT2D eigenvalue weighted by Crippen LogP contribution is -2.05. The van der Waals surface area contributed by atoms with Crippen LogP contribution in [0.25, 0.3) is 5.82 Å². The van der Waals surface area contributed by atoms with Gasteiger partial charge in [0.2, 0.25) is 0 Å². The molecule has 2 aromatic rings. The number of hydrogen-bond donors (Lipinski definition) is 0. The summed E-state index contributed by atoms with van der Waals surface area (Å²) in [5, 5.41) is 10.7. The zero-order valence-electron chi connectivity index (χ0n) is 8.78. The van der Waals surface area contributed by atoms with Crippen molar-refractivity contribution in [3.05, 3.63) is 24.2 Å². The van der Waals surface area contributed by atoms with Crippen LogP contribution in [0.2, 0.25) is 0 Å². The van der Waals surface area contributed by atoms with Gasteiger partial charge in [-0.15, -0.1) is 5.10 Å². The van der Waals surface area contributed by atoms with Crippen LogP contribution in [0.5, 0.6) is 5.75 Å². The van der Waals surface area contributed by atoms with Crippen LogP contribution >= 0.6 is 0 Å². The summed E-state index contributed by atoms with van der Waals surface area (Å²) >= 11 is 0. The minimum atomic E-state index is -0.375. The van der Waals surface area contributed by atoms with E-state index < -0.39 is 0 Å². The van der Waals surface area contributed by atoms with Crippen molar-refractivity contribution in [2.24, 2.45) is 0 Å². The first kappa shape index (κ1) is 10.2. The smallest absolute Gasteiger partial charge is 0.308 e. The highest BCUT2D eigenvalue weighted by molar-refractivity contribution is 5.69. The van der Waals surface area contributed by atoms with Gasteiger partial charge in [0.25, 0.3) is 0 Å². The zero-order chi connectivity index (χ0) is 11.5. The average Bonchev–Trinajstić information content (AvgIpc) is 2.73. The van der Waals surface area contributed by atoms with Crippen LogP contribution in [0, 0.1) is 6.92 Å². The SMILES string of the molecule is CC(=O)Oc1cnc(-n2cnnn2)cc1C. The molecule has 0 aliphatic rings. The van der Waals surface area contributed by atoms with Gasteiger partial charge in [-0.3, -0.25) is 4.79 Å². The van der Waals surface area contributed by atoms with Crippen molar-refractivity contribution in [1.29, 1.82) is 0 Å². The van der Waals surface area contributed by atoms with Gasteiger partial charge < -0.3 is 4.74 Å². The van der Waals surface area contributed by atoms with Crippen molar-refractivity contribution < 1.29 is 9.53 Å². The molecule has 0 unspecified atom stereocenters. The summed E-state index contributed by atoms with van der Waals surface area (Å²) in [6.07, 6.45) is 2.90. The van der Waals surface area contributed by atoms with Gasteiger partial charge in [0.15, 0.2) is 11.6 Å². The van der Waals surface area contributed by atoms with Gasteiger partial charge in [-0.1, -0.05) is 0 Å². The largest absolute Gasteiger partial charge is 0.425 e. The number of aromatic nitrogens is 5. The second-order valence-corrected chi connectivity index (χ2v) is 3.16. The quantitative estimate of drug-likeness (QED) is 0.675. The molecule has 0 aromatic carbocycles. The molecular weight excluding hydrogens is 210 g/mol. The lowest BCUT2D eigenvalue weighted by Gasteiger charge is -2.05. The molecular formula is C9H9N5O2. The van der Waals surface area contributed by atoms with E-state index in [9.17, 15) is 4.79 Å². The molecule has 0 aliphatic heterocycles. The number of pyridine rings is 1. The molecule has 0 saturated carbocycles. The molecule has 0 saturated heterocycles. The molecule has 7 nitrogen and oxygen atoms in total. The summed E-state index contributed by atoms with van der Waals surface area (Å²) in [7, 11) is 0. The molecule has 2 rings (SSSR count). The minimum absolute atomic E-state index is 0.375. The number of carbonyl (C=O) groups excluding carboxylic acids is 1. The van der Waals surface area contributed by atoms with Crippen LogP contribution in [-0.4, -0.2) is 31.2 Å². The van der Waals surface area contributed by atoms with Crippen LogP contribution in [-0.2, 0) is 4.79 Å². The molecule has 0 atom stereocenters. The maximum Gasteiger partial charge on any atom is 0.308 e. The molecule has 82 valence electrons. The van der Waals surface area contributed by atoms with Crippen molar-refractivity contribution >= 4 is 5.97 Å². The Bertz CT molecular complexity index is 509. The van der Waals surface area contributed by atoms with Gasteiger partial charge in [0.05, 0.1) is 6.20 Å². The molecule has 0 N–H and O–H groups in total. The van der Waals surface area contributed by atoms with Crippen LogP contribution in [0.3, 0.4) is 0 Å². The van der Waals surface area contributed by atoms with Gasteiger partial charge >= 0.3 is 5.97 Å². The first-order chi connectivity index (χ1) is 7.66. The van der Waals surface area contributed by atoms with Gasteiger partial charge in [-0.25, -0.2) is 4.98 Å². The summed E-state index contributed by atoms with van der Waals surface area (Å²) in [6.45, 7) is 3.16. The van der Waals surface area contributed by atoms with E-state index in [2.05, 4.69) is 20.5 Å². The third-order valence-corrected chi connectivity index (χ3v) is 1.89. The van der Waals surface area contributed by atoms with Crippen LogP contribution in [0.15, 0.2) is 18.6 Å². The monoisotopic (exact) mass is 219 g/mol. The molecule has 0 fully saturated rings. The third-order valence-electron chi connectivity index (χ3n) is 1.89. The highest BCUT2D eigenvalue weighted by atomic mass is 16.5. The Morgan fingerprint density at radius 3 is 2.88 bits per heavy atom. The highest BCUT2D eigenvalue weighted by Gasteiger charge is 2.06. The van der Waals surface area contributed by atoms with E-state index in [0.717, 1.165) is 5.56 Å². The summed E-state index contributed by atoms with van der Waals surface area (Å²) < 4.78 is 6.38. The highest BCUT2D eigenvalue weighted by Crippen LogP contribution is 2.18. The third kappa shape index (κ3) is 2.02. The van der Waals surface area contributed by atoms with Crippen LogP contribution < -0.4 is 4.74 Å². The average molecular weight is 219 g/mol. The van der Waals surface area contributed by atoms with Gasteiger partial charge in [0.1, 0.15) is 6.33 Å². The van der Waals surface area contributed by atoms with Crippen molar-refractivity contribution in [3.63, 3.8) is 0 Å². The number of aryl methyl sites for hydroxylation is 1. The Labute approximate surface area is 91.1 Å². The van der Waals surface area contributed by atoms with E-state index in [4.69, 9.17) is 4.74 Å². The fraction of sp³-hybridized carbons (Fsp3) is 0.222. The lowest BCUT2D eigenvalue weighted by atomic mass is 10.3. The number of esters is 1. The number of rotatable bonds is 2. The first-order valence-corrected chi connectivity index (χ1v) is 4.55. The number of ether oxygens (including phenoxy) is 1. The van der Waals surface area contributed by atoms with E-state index >= 15 is 0 Å². The lowest BCUT2D eigenvalue weighted by molar-refractivity contribution is -0.131. The number of nitrogens with zero attached hydrogens (tertiary/aromatic N) is 5. The van der Waals surface area contributed by atoms with Crippen molar-refractivity contribution in [3.8, 4) is 11.6 Å². The van der Waals surface area contributed by atoms with Crippen molar-refractivity contribution in [1.82, 2.24) is 25.2 Å². The molecule has 0 aliphatic carbocycles. The maximum atomic E-state index is 10.8. The van der Waals surface area contributed by atoms with E-state index in [0.29, 0.717) is 11.6 Å². The van der Waals surface area contributed by atoms with E-state index in [1.54, 1.807) is 6.07 Å². The van der Waals surface area contributed by atoms with Gasteiger partial charge in [-0.2, -0.15) is 4.68 Å². The Hall–Kier alpha value is -2.31. The fourth-order valence-electron chi connectivity index (χ4n) is 1.18. The van der Waals surface area contributed by atoms with Gasteiger partial charge in [-0.05, 0) is 29.0 Å².